The monoisotopic (exact) mass is 386 g/mol. The third-order valence-electron chi connectivity index (χ3n) is 4.55. The highest BCUT2D eigenvalue weighted by molar-refractivity contribution is 5.97. The SMILES string of the molecule is COc1ccc(-n2cnc3cc(C(=O)NCc4cccnc4)ccc3c2=O)cc1. The van der Waals surface area contributed by atoms with Crippen molar-refractivity contribution in [3.63, 3.8) is 0 Å². The number of carbonyl (C=O) groups is 1. The lowest BCUT2D eigenvalue weighted by Crippen LogP contribution is -2.23. The van der Waals surface area contributed by atoms with Crippen molar-refractivity contribution in [2.45, 2.75) is 6.54 Å². The third-order valence-corrected chi connectivity index (χ3v) is 4.55. The summed E-state index contributed by atoms with van der Waals surface area (Å²) < 4.78 is 6.61. The van der Waals surface area contributed by atoms with E-state index in [2.05, 4.69) is 15.3 Å². The molecule has 0 atom stereocenters. The Labute approximate surface area is 166 Å². The minimum absolute atomic E-state index is 0.206. The van der Waals surface area contributed by atoms with Crippen molar-refractivity contribution >= 4 is 16.8 Å². The lowest BCUT2D eigenvalue weighted by Gasteiger charge is -2.09. The van der Waals surface area contributed by atoms with Gasteiger partial charge >= 0.3 is 0 Å². The summed E-state index contributed by atoms with van der Waals surface area (Å²) in [5, 5.41) is 3.28. The van der Waals surface area contributed by atoms with E-state index in [0.717, 1.165) is 5.56 Å². The number of hydrogen-bond donors (Lipinski definition) is 1. The van der Waals surface area contributed by atoms with Crippen LogP contribution in [0.25, 0.3) is 16.6 Å². The fourth-order valence-corrected chi connectivity index (χ4v) is 2.98. The number of carbonyl (C=O) groups excluding carboxylic acids is 1. The Kier molecular flexibility index (Phi) is 5.03. The summed E-state index contributed by atoms with van der Waals surface area (Å²) >= 11 is 0. The van der Waals surface area contributed by atoms with E-state index >= 15 is 0 Å². The molecule has 2 aromatic carbocycles. The average molecular weight is 386 g/mol. The Morgan fingerprint density at radius 1 is 1.14 bits per heavy atom. The summed E-state index contributed by atoms with van der Waals surface area (Å²) in [5.41, 5.74) is 2.29. The average Bonchev–Trinajstić information content (AvgIpc) is 2.78. The zero-order valence-electron chi connectivity index (χ0n) is 15.7. The van der Waals surface area contributed by atoms with Gasteiger partial charge in [-0.15, -0.1) is 0 Å². The summed E-state index contributed by atoms with van der Waals surface area (Å²) in [6.07, 6.45) is 4.84. The quantitative estimate of drug-likeness (QED) is 0.570. The molecule has 7 nitrogen and oxygen atoms in total. The third kappa shape index (κ3) is 3.84. The topological polar surface area (TPSA) is 86.1 Å². The molecule has 0 aliphatic rings. The largest absolute Gasteiger partial charge is 0.497 e. The standard InChI is InChI=1S/C22H18N4O3/c1-29-18-7-5-17(6-8-18)26-14-25-20-11-16(4-9-19(20)22(26)28)21(27)24-13-15-3-2-10-23-12-15/h2-12,14H,13H2,1H3,(H,24,27). The highest BCUT2D eigenvalue weighted by Gasteiger charge is 2.11. The number of hydrogen-bond acceptors (Lipinski definition) is 5. The maximum absolute atomic E-state index is 12.9. The van der Waals surface area contributed by atoms with E-state index in [1.807, 2.05) is 12.1 Å². The lowest BCUT2D eigenvalue weighted by atomic mass is 10.1. The molecule has 2 aromatic heterocycles. The first kappa shape index (κ1) is 18.4. The van der Waals surface area contributed by atoms with Crippen LogP contribution in [0.2, 0.25) is 0 Å². The number of nitrogens with one attached hydrogen (secondary N) is 1. The molecule has 29 heavy (non-hydrogen) atoms. The van der Waals surface area contributed by atoms with Crippen molar-refractivity contribution in [1.29, 1.82) is 0 Å². The molecule has 1 N–H and O–H groups in total. The normalized spacial score (nSPS) is 10.7. The maximum Gasteiger partial charge on any atom is 0.265 e. The van der Waals surface area contributed by atoms with Crippen LogP contribution in [0.4, 0.5) is 0 Å². The maximum atomic E-state index is 12.9. The molecule has 0 unspecified atom stereocenters. The fraction of sp³-hybridized carbons (Fsp3) is 0.0909. The number of fused-ring (bicyclic) bond motifs is 1. The van der Waals surface area contributed by atoms with E-state index < -0.39 is 0 Å². The summed E-state index contributed by atoms with van der Waals surface area (Å²) in [5.74, 6) is 0.467. The van der Waals surface area contributed by atoms with Gasteiger partial charge in [0.25, 0.3) is 11.5 Å². The molecule has 0 saturated carbocycles. The molecular weight excluding hydrogens is 368 g/mol. The Hall–Kier alpha value is -4.00. The number of aromatic nitrogens is 3. The number of nitrogens with zero attached hydrogens (tertiary/aromatic N) is 3. The molecule has 0 bridgehead atoms. The molecule has 0 fully saturated rings. The molecule has 4 rings (SSSR count). The highest BCUT2D eigenvalue weighted by Crippen LogP contribution is 2.15. The van der Waals surface area contributed by atoms with E-state index in [4.69, 9.17) is 4.74 Å². The van der Waals surface area contributed by atoms with Gasteiger partial charge in [0.05, 0.1) is 23.7 Å². The number of rotatable bonds is 5. The van der Waals surface area contributed by atoms with Gasteiger partial charge in [-0.2, -0.15) is 0 Å². The first-order valence-corrected chi connectivity index (χ1v) is 8.98. The van der Waals surface area contributed by atoms with Crippen LogP contribution < -0.4 is 15.6 Å². The zero-order chi connectivity index (χ0) is 20.2. The van der Waals surface area contributed by atoms with Crippen molar-refractivity contribution in [2.75, 3.05) is 7.11 Å². The number of amides is 1. The van der Waals surface area contributed by atoms with E-state index in [0.29, 0.717) is 34.4 Å². The number of pyridine rings is 1. The number of methoxy groups -OCH3 is 1. The molecule has 144 valence electrons. The second-order valence-electron chi connectivity index (χ2n) is 6.39. The van der Waals surface area contributed by atoms with Gasteiger partial charge in [0.2, 0.25) is 0 Å². The fourth-order valence-electron chi connectivity index (χ4n) is 2.98. The highest BCUT2D eigenvalue weighted by atomic mass is 16.5. The van der Waals surface area contributed by atoms with Gasteiger partial charge in [-0.25, -0.2) is 4.98 Å². The van der Waals surface area contributed by atoms with Gasteiger partial charge in [0.1, 0.15) is 12.1 Å². The predicted octanol–water partition coefficient (Wildman–Crippen LogP) is 2.72. The molecule has 0 aliphatic carbocycles. The first-order chi connectivity index (χ1) is 14.2. The van der Waals surface area contributed by atoms with Crippen molar-refractivity contribution in [3.05, 3.63) is 94.8 Å². The van der Waals surface area contributed by atoms with Crippen molar-refractivity contribution < 1.29 is 9.53 Å². The van der Waals surface area contributed by atoms with Crippen molar-refractivity contribution in [3.8, 4) is 11.4 Å². The molecule has 0 saturated heterocycles. The summed E-state index contributed by atoms with van der Waals surface area (Å²) in [6.45, 7) is 0.372. The molecule has 7 heteroatoms. The molecule has 1 amide bonds. The van der Waals surface area contributed by atoms with Gasteiger partial charge in [-0.3, -0.25) is 19.1 Å². The van der Waals surface area contributed by atoms with Crippen LogP contribution in [0, 0.1) is 0 Å². The lowest BCUT2D eigenvalue weighted by molar-refractivity contribution is 0.0951. The second-order valence-corrected chi connectivity index (χ2v) is 6.39. The van der Waals surface area contributed by atoms with Gasteiger partial charge in [0, 0.05) is 24.5 Å². The van der Waals surface area contributed by atoms with Gasteiger partial charge in [-0.1, -0.05) is 6.07 Å². The van der Waals surface area contributed by atoms with Crippen molar-refractivity contribution in [1.82, 2.24) is 19.9 Å². The zero-order valence-corrected chi connectivity index (χ0v) is 15.7. The first-order valence-electron chi connectivity index (χ1n) is 8.98. The van der Waals surface area contributed by atoms with Gasteiger partial charge in [0.15, 0.2) is 0 Å². The Morgan fingerprint density at radius 3 is 2.69 bits per heavy atom. The van der Waals surface area contributed by atoms with E-state index in [9.17, 15) is 9.59 Å². The van der Waals surface area contributed by atoms with Gasteiger partial charge < -0.3 is 10.1 Å². The van der Waals surface area contributed by atoms with E-state index in [1.54, 1.807) is 62.0 Å². The molecule has 2 heterocycles. The van der Waals surface area contributed by atoms with Crippen LogP contribution in [0.15, 0.2) is 78.1 Å². The summed E-state index contributed by atoms with van der Waals surface area (Å²) in [6, 6.07) is 15.7. The van der Waals surface area contributed by atoms with Crippen LogP contribution in [0.3, 0.4) is 0 Å². The second kappa shape index (κ2) is 7.93. The van der Waals surface area contributed by atoms with Crippen LogP contribution >= 0.6 is 0 Å². The molecule has 0 aliphatic heterocycles. The minimum Gasteiger partial charge on any atom is -0.497 e. The molecule has 0 radical (unpaired) electrons. The molecule has 0 spiro atoms. The van der Waals surface area contributed by atoms with E-state index in [1.165, 1.54) is 10.9 Å². The van der Waals surface area contributed by atoms with Crippen LogP contribution in [0.1, 0.15) is 15.9 Å². The minimum atomic E-state index is -0.239. The summed E-state index contributed by atoms with van der Waals surface area (Å²) in [4.78, 5) is 33.7. The number of ether oxygens (including phenoxy) is 1. The van der Waals surface area contributed by atoms with Gasteiger partial charge in [-0.05, 0) is 54.1 Å². The van der Waals surface area contributed by atoms with Crippen molar-refractivity contribution in [2.24, 2.45) is 0 Å². The predicted molar refractivity (Wildman–Crippen MR) is 109 cm³/mol. The smallest absolute Gasteiger partial charge is 0.265 e. The Balaban J connectivity index is 1.60. The van der Waals surface area contributed by atoms with Crippen LogP contribution in [-0.2, 0) is 6.54 Å². The Bertz CT molecular complexity index is 1220. The van der Waals surface area contributed by atoms with Crippen LogP contribution in [-0.4, -0.2) is 27.6 Å². The van der Waals surface area contributed by atoms with E-state index in [-0.39, 0.29) is 11.5 Å². The van der Waals surface area contributed by atoms with Crippen LogP contribution in [0.5, 0.6) is 5.75 Å². The Morgan fingerprint density at radius 2 is 1.97 bits per heavy atom. The molecular formula is C22H18N4O3. The molecule has 4 aromatic rings. The summed E-state index contributed by atoms with van der Waals surface area (Å²) in [7, 11) is 1.59. The number of benzene rings is 2.